The number of aryl methyl sites for hydroxylation is 2. The van der Waals surface area contributed by atoms with Gasteiger partial charge in [-0.05, 0) is 73.3 Å². The van der Waals surface area contributed by atoms with E-state index in [2.05, 4.69) is 12.2 Å². The fraction of sp³-hybridized carbons (Fsp3) is 0.333. The lowest BCUT2D eigenvalue weighted by Crippen LogP contribution is -2.25. The lowest BCUT2D eigenvalue weighted by atomic mass is 9.91. The summed E-state index contributed by atoms with van der Waals surface area (Å²) in [6.45, 7) is 6.69. The molecule has 1 nitrogen and oxygen atoms in total. The van der Waals surface area contributed by atoms with Crippen LogP contribution in [0.15, 0.2) is 36.4 Å². The molecule has 0 amide bonds. The highest BCUT2D eigenvalue weighted by Gasteiger charge is 2.19. The summed E-state index contributed by atoms with van der Waals surface area (Å²) < 4.78 is 27.1. The summed E-state index contributed by atoms with van der Waals surface area (Å²) in [5.41, 5.74) is 3.65. The lowest BCUT2D eigenvalue weighted by molar-refractivity contribution is 0.577. The van der Waals surface area contributed by atoms with Gasteiger partial charge in [0.2, 0.25) is 0 Å². The predicted molar refractivity (Wildman–Crippen MR) is 82.4 cm³/mol. The second-order valence-corrected chi connectivity index (χ2v) is 5.40. The SMILES string of the molecule is CCCNC(c1cccc(F)c1)c1c(C)cc(F)cc1C. The molecule has 1 atom stereocenters. The summed E-state index contributed by atoms with van der Waals surface area (Å²) >= 11 is 0. The van der Waals surface area contributed by atoms with E-state index in [4.69, 9.17) is 0 Å². The molecule has 21 heavy (non-hydrogen) atoms. The maximum absolute atomic E-state index is 13.5. The summed E-state index contributed by atoms with van der Waals surface area (Å²) in [6, 6.07) is 9.52. The van der Waals surface area contributed by atoms with Crippen molar-refractivity contribution in [3.63, 3.8) is 0 Å². The third-order valence-electron chi connectivity index (χ3n) is 3.63. The fourth-order valence-corrected chi connectivity index (χ4v) is 2.74. The van der Waals surface area contributed by atoms with Crippen molar-refractivity contribution >= 4 is 0 Å². The Balaban J connectivity index is 2.50. The highest BCUT2D eigenvalue weighted by molar-refractivity contribution is 5.42. The zero-order chi connectivity index (χ0) is 15.4. The third kappa shape index (κ3) is 3.67. The number of benzene rings is 2. The predicted octanol–water partition coefficient (Wildman–Crippen LogP) is 4.67. The molecule has 112 valence electrons. The van der Waals surface area contributed by atoms with Crippen LogP contribution in [0.2, 0.25) is 0 Å². The molecular weight excluding hydrogens is 268 g/mol. The molecule has 0 spiro atoms. The Hall–Kier alpha value is -1.74. The average Bonchev–Trinajstić information content (AvgIpc) is 2.41. The molecule has 0 aliphatic rings. The first-order chi connectivity index (χ1) is 10.0. The second kappa shape index (κ2) is 6.81. The van der Waals surface area contributed by atoms with Crippen LogP contribution < -0.4 is 5.32 Å². The van der Waals surface area contributed by atoms with E-state index >= 15 is 0 Å². The van der Waals surface area contributed by atoms with E-state index in [0.29, 0.717) is 0 Å². The molecular formula is C18H21F2N. The van der Waals surface area contributed by atoms with E-state index in [1.54, 1.807) is 6.07 Å². The number of rotatable bonds is 5. The van der Waals surface area contributed by atoms with Crippen LogP contribution in [-0.4, -0.2) is 6.54 Å². The highest BCUT2D eigenvalue weighted by Crippen LogP contribution is 2.29. The summed E-state index contributed by atoms with van der Waals surface area (Å²) in [7, 11) is 0. The molecule has 0 saturated carbocycles. The van der Waals surface area contributed by atoms with Gasteiger partial charge in [0.05, 0.1) is 6.04 Å². The fourth-order valence-electron chi connectivity index (χ4n) is 2.74. The first-order valence-electron chi connectivity index (χ1n) is 7.28. The first-order valence-corrected chi connectivity index (χ1v) is 7.28. The second-order valence-electron chi connectivity index (χ2n) is 5.40. The molecule has 1 N–H and O–H groups in total. The molecule has 2 aromatic rings. The van der Waals surface area contributed by atoms with Crippen LogP contribution in [0, 0.1) is 25.5 Å². The van der Waals surface area contributed by atoms with Crippen molar-refractivity contribution in [3.05, 3.63) is 70.3 Å². The van der Waals surface area contributed by atoms with Gasteiger partial charge in [0.1, 0.15) is 11.6 Å². The van der Waals surface area contributed by atoms with Gasteiger partial charge in [-0.25, -0.2) is 8.78 Å². The van der Waals surface area contributed by atoms with Crippen molar-refractivity contribution in [1.82, 2.24) is 5.32 Å². The van der Waals surface area contributed by atoms with Crippen LogP contribution in [0.3, 0.4) is 0 Å². The van der Waals surface area contributed by atoms with Gasteiger partial charge < -0.3 is 5.32 Å². The summed E-state index contributed by atoms with van der Waals surface area (Å²) in [6.07, 6.45) is 0.977. The maximum Gasteiger partial charge on any atom is 0.123 e. The van der Waals surface area contributed by atoms with Gasteiger partial charge in [-0.1, -0.05) is 19.1 Å². The summed E-state index contributed by atoms with van der Waals surface area (Å²) in [5.74, 6) is -0.490. The van der Waals surface area contributed by atoms with E-state index in [1.165, 1.54) is 24.3 Å². The summed E-state index contributed by atoms with van der Waals surface area (Å²) in [4.78, 5) is 0. The van der Waals surface area contributed by atoms with Crippen LogP contribution in [0.4, 0.5) is 8.78 Å². The van der Waals surface area contributed by atoms with E-state index < -0.39 is 0 Å². The molecule has 2 rings (SSSR count). The van der Waals surface area contributed by atoms with Crippen molar-refractivity contribution in [1.29, 1.82) is 0 Å². The van der Waals surface area contributed by atoms with Crippen LogP contribution >= 0.6 is 0 Å². The maximum atomic E-state index is 13.5. The van der Waals surface area contributed by atoms with Crippen molar-refractivity contribution in [2.75, 3.05) is 6.54 Å². The molecule has 0 aromatic heterocycles. The quantitative estimate of drug-likeness (QED) is 0.843. The van der Waals surface area contributed by atoms with Crippen molar-refractivity contribution in [2.45, 2.75) is 33.2 Å². The normalized spacial score (nSPS) is 12.4. The number of hydrogen-bond donors (Lipinski definition) is 1. The molecule has 3 heteroatoms. The molecule has 1 unspecified atom stereocenters. The Bertz CT molecular complexity index is 599. The molecule has 0 fully saturated rings. The Morgan fingerprint density at radius 3 is 2.24 bits per heavy atom. The largest absolute Gasteiger partial charge is 0.306 e. The molecule has 0 radical (unpaired) electrons. The Kier molecular flexibility index (Phi) is 5.07. The average molecular weight is 289 g/mol. The van der Waals surface area contributed by atoms with Gasteiger partial charge in [-0.2, -0.15) is 0 Å². The number of halogens is 2. The third-order valence-corrected chi connectivity index (χ3v) is 3.63. The molecule has 0 saturated heterocycles. The summed E-state index contributed by atoms with van der Waals surface area (Å²) in [5, 5.41) is 3.44. The van der Waals surface area contributed by atoms with E-state index in [9.17, 15) is 8.78 Å². The van der Waals surface area contributed by atoms with E-state index in [1.807, 2.05) is 19.9 Å². The molecule has 2 aromatic carbocycles. The highest BCUT2D eigenvalue weighted by atomic mass is 19.1. The molecule has 0 aliphatic heterocycles. The zero-order valence-corrected chi connectivity index (χ0v) is 12.7. The number of hydrogen-bond acceptors (Lipinski definition) is 1. The van der Waals surface area contributed by atoms with Gasteiger partial charge in [-0.15, -0.1) is 0 Å². The van der Waals surface area contributed by atoms with Gasteiger partial charge in [0, 0.05) is 0 Å². The van der Waals surface area contributed by atoms with Gasteiger partial charge >= 0.3 is 0 Å². The van der Waals surface area contributed by atoms with Crippen LogP contribution in [0.5, 0.6) is 0 Å². The molecule has 0 heterocycles. The van der Waals surface area contributed by atoms with Crippen molar-refractivity contribution in [3.8, 4) is 0 Å². The van der Waals surface area contributed by atoms with Crippen LogP contribution in [-0.2, 0) is 0 Å². The van der Waals surface area contributed by atoms with Crippen molar-refractivity contribution < 1.29 is 8.78 Å². The van der Waals surface area contributed by atoms with Gasteiger partial charge in [0.25, 0.3) is 0 Å². The topological polar surface area (TPSA) is 12.0 Å². The van der Waals surface area contributed by atoms with E-state index in [0.717, 1.165) is 35.2 Å². The Morgan fingerprint density at radius 2 is 1.67 bits per heavy atom. The Morgan fingerprint density at radius 1 is 1.00 bits per heavy atom. The minimum absolute atomic E-state index is 0.124. The smallest absolute Gasteiger partial charge is 0.123 e. The standard InChI is InChI=1S/C18H21F2N/c1-4-8-21-18(14-6-5-7-15(19)11-14)17-12(2)9-16(20)10-13(17)3/h5-7,9-11,18,21H,4,8H2,1-3H3. The molecule has 0 aliphatic carbocycles. The van der Waals surface area contributed by atoms with Crippen molar-refractivity contribution in [2.24, 2.45) is 0 Å². The van der Waals surface area contributed by atoms with Gasteiger partial charge in [0.15, 0.2) is 0 Å². The minimum atomic E-state index is -0.256. The van der Waals surface area contributed by atoms with E-state index in [-0.39, 0.29) is 17.7 Å². The van der Waals surface area contributed by atoms with Crippen LogP contribution in [0.1, 0.15) is 41.6 Å². The minimum Gasteiger partial charge on any atom is -0.306 e. The Labute approximate surface area is 125 Å². The molecule has 0 bridgehead atoms. The lowest BCUT2D eigenvalue weighted by Gasteiger charge is -2.23. The zero-order valence-electron chi connectivity index (χ0n) is 12.7. The van der Waals surface area contributed by atoms with Crippen LogP contribution in [0.25, 0.3) is 0 Å². The monoisotopic (exact) mass is 289 g/mol. The number of nitrogens with one attached hydrogen (secondary N) is 1. The first kappa shape index (κ1) is 15.6. The van der Waals surface area contributed by atoms with Gasteiger partial charge in [-0.3, -0.25) is 0 Å².